The molecule has 2 atom stereocenters. The van der Waals surface area contributed by atoms with Crippen LogP contribution in [-0.2, 0) is 32.3 Å². The molecular formula is C42H54FN7O9. The first kappa shape index (κ1) is 44.1. The molecule has 1 saturated heterocycles. The van der Waals surface area contributed by atoms with Gasteiger partial charge in [-0.25, -0.2) is 18.8 Å². The smallest absolute Gasteiger partial charge is 0.410 e. The van der Waals surface area contributed by atoms with Crippen LogP contribution in [0.4, 0.5) is 25.4 Å². The molecule has 1 aromatic heterocycles. The molecule has 0 bridgehead atoms. The van der Waals surface area contributed by atoms with E-state index in [-0.39, 0.29) is 86.9 Å². The minimum absolute atomic E-state index is 0.0239. The Morgan fingerprint density at radius 3 is 2.25 bits per heavy atom. The molecule has 59 heavy (non-hydrogen) atoms. The zero-order valence-corrected chi connectivity index (χ0v) is 34.0. The van der Waals surface area contributed by atoms with Crippen LogP contribution in [0.15, 0.2) is 47.4 Å². The summed E-state index contributed by atoms with van der Waals surface area (Å²) in [6, 6.07) is 8.48. The highest BCUT2D eigenvalue weighted by molar-refractivity contribution is 6.08. The van der Waals surface area contributed by atoms with Crippen molar-refractivity contribution in [2.24, 2.45) is 23.0 Å². The van der Waals surface area contributed by atoms with E-state index in [9.17, 15) is 38.7 Å². The number of ketones is 1. The van der Waals surface area contributed by atoms with Gasteiger partial charge in [-0.2, -0.15) is 0 Å². The first-order chi connectivity index (χ1) is 28.0. The number of ether oxygens (including phenoxy) is 1. The Labute approximate surface area is 341 Å². The zero-order chi connectivity index (χ0) is 43.0. The number of carbonyl (C=O) groups excluding carboxylic acids is 5. The summed E-state index contributed by atoms with van der Waals surface area (Å²) in [5, 5.41) is 17.7. The number of urea groups is 1. The average Bonchev–Trinajstić information content (AvgIpc) is 3.18. The monoisotopic (exact) mass is 819 g/mol. The number of amides is 5. The highest BCUT2D eigenvalue weighted by atomic mass is 19.1. The second-order valence-corrected chi connectivity index (χ2v) is 15.7. The van der Waals surface area contributed by atoms with Gasteiger partial charge >= 0.3 is 18.1 Å². The Kier molecular flexibility index (Phi) is 14.3. The van der Waals surface area contributed by atoms with Crippen molar-refractivity contribution in [1.29, 1.82) is 0 Å². The van der Waals surface area contributed by atoms with Gasteiger partial charge in [0.25, 0.3) is 0 Å². The van der Waals surface area contributed by atoms with E-state index in [0.29, 0.717) is 42.6 Å². The predicted octanol–water partition coefficient (Wildman–Crippen LogP) is 4.61. The number of fused-ring (bicyclic) bond motifs is 1. The van der Waals surface area contributed by atoms with E-state index < -0.39 is 52.1 Å². The molecule has 1 saturated carbocycles. The number of nitrogens with one attached hydrogen (secondary N) is 3. The first-order valence-electron chi connectivity index (χ1n) is 20.1. The number of primary amides is 1. The molecule has 17 heteroatoms. The van der Waals surface area contributed by atoms with Gasteiger partial charge in [-0.3, -0.25) is 19.2 Å². The molecule has 2 heterocycles. The minimum Gasteiger partial charge on any atom is -0.477 e. The van der Waals surface area contributed by atoms with Gasteiger partial charge < -0.3 is 45.9 Å². The number of aromatic nitrogens is 1. The summed E-state index contributed by atoms with van der Waals surface area (Å²) < 4.78 is 22.5. The second-order valence-electron chi connectivity index (χ2n) is 15.7. The number of Topliss-reactive ketones (excluding diaryl/α,β-unsaturated/α-hetero) is 1. The number of carboxylic acids is 1. The number of rotatable bonds is 17. The molecule has 5 amide bonds. The normalized spacial score (nSPS) is 15.8. The third-order valence-corrected chi connectivity index (χ3v) is 11.5. The molecule has 0 spiro atoms. The van der Waals surface area contributed by atoms with Crippen LogP contribution in [0.25, 0.3) is 10.9 Å². The largest absolute Gasteiger partial charge is 0.477 e. The lowest BCUT2D eigenvalue weighted by Gasteiger charge is -2.40. The maximum Gasteiger partial charge on any atom is 0.410 e. The van der Waals surface area contributed by atoms with Gasteiger partial charge in [0.2, 0.25) is 17.2 Å². The third-order valence-electron chi connectivity index (χ3n) is 11.5. The van der Waals surface area contributed by atoms with Crippen molar-refractivity contribution in [3.63, 3.8) is 0 Å². The second kappa shape index (κ2) is 19.2. The van der Waals surface area contributed by atoms with Crippen LogP contribution in [0.2, 0.25) is 0 Å². The third kappa shape index (κ3) is 10.4. The molecule has 1 aliphatic heterocycles. The summed E-state index contributed by atoms with van der Waals surface area (Å²) in [7, 11) is 0. The molecule has 2 aromatic carbocycles. The average molecular weight is 820 g/mol. The summed E-state index contributed by atoms with van der Waals surface area (Å²) in [5.74, 6) is -3.62. The lowest BCUT2D eigenvalue weighted by atomic mass is 9.63. The van der Waals surface area contributed by atoms with Crippen LogP contribution < -0.4 is 32.0 Å². The van der Waals surface area contributed by atoms with Gasteiger partial charge in [-0.1, -0.05) is 32.4 Å². The van der Waals surface area contributed by atoms with Crippen LogP contribution in [0.3, 0.4) is 0 Å². The number of anilines is 2. The molecule has 5 rings (SSSR count). The van der Waals surface area contributed by atoms with Crippen molar-refractivity contribution >= 4 is 58.0 Å². The minimum atomic E-state index is -1.38. The highest BCUT2D eigenvalue weighted by Crippen LogP contribution is 2.44. The van der Waals surface area contributed by atoms with Crippen molar-refractivity contribution < 1.29 is 43.0 Å². The molecule has 16 nitrogen and oxygen atoms in total. The van der Waals surface area contributed by atoms with E-state index in [0.717, 1.165) is 12.5 Å². The number of hydrogen-bond donors (Lipinski definition) is 5. The number of nitrogens with zero attached hydrogens (tertiary/aromatic N) is 3. The van der Waals surface area contributed by atoms with Crippen molar-refractivity contribution in [2.75, 3.05) is 42.9 Å². The van der Waals surface area contributed by atoms with Crippen molar-refractivity contribution in [3.05, 3.63) is 69.8 Å². The first-order valence-corrected chi connectivity index (χ1v) is 20.1. The zero-order valence-electron chi connectivity index (χ0n) is 34.0. The molecule has 0 unspecified atom stereocenters. The van der Waals surface area contributed by atoms with Crippen LogP contribution in [0, 0.1) is 23.1 Å². The number of hydrogen-bond acceptors (Lipinski definition) is 9. The topological polar surface area (TPSA) is 222 Å². The number of piperazine rings is 1. The van der Waals surface area contributed by atoms with Gasteiger partial charge in [0.15, 0.2) is 0 Å². The molecule has 6 N–H and O–H groups in total. The van der Waals surface area contributed by atoms with Gasteiger partial charge in [0.05, 0.1) is 11.2 Å². The molecular weight excluding hydrogens is 765 g/mol. The van der Waals surface area contributed by atoms with Crippen molar-refractivity contribution in [1.82, 2.24) is 20.1 Å². The summed E-state index contributed by atoms with van der Waals surface area (Å²) in [6.45, 7) is 9.25. The summed E-state index contributed by atoms with van der Waals surface area (Å²) in [5.41, 5.74) is 4.59. The SMILES string of the molecule is CCn1cc(C(=O)O)c(=O)c2cc(F)c(N3CCN(C(=O)OCc4ccc(NC(=O)[C@H](CCCNC(N)=O)CC(=O)C5(C(=O)N[C@H](C)C(C)C)CCC5)cc4)CC3)cc21. The number of carboxylic acid groups (broad SMARTS) is 1. The van der Waals surface area contributed by atoms with Gasteiger partial charge in [0.1, 0.15) is 29.2 Å². The fourth-order valence-corrected chi connectivity index (χ4v) is 7.33. The van der Waals surface area contributed by atoms with Gasteiger partial charge in [-0.15, -0.1) is 0 Å². The maximum atomic E-state index is 15.3. The van der Waals surface area contributed by atoms with Gasteiger partial charge in [0, 0.05) is 74.9 Å². The van der Waals surface area contributed by atoms with Crippen molar-refractivity contribution in [3.8, 4) is 0 Å². The van der Waals surface area contributed by atoms with E-state index in [1.807, 2.05) is 20.8 Å². The Morgan fingerprint density at radius 1 is 1.00 bits per heavy atom. The Bertz CT molecular complexity index is 2130. The number of carbonyl (C=O) groups is 6. The van der Waals surface area contributed by atoms with E-state index >= 15 is 4.39 Å². The molecule has 0 radical (unpaired) electrons. The number of aryl methyl sites for hydroxylation is 1. The molecule has 2 fully saturated rings. The molecule has 318 valence electrons. The molecule has 2 aliphatic rings. The highest BCUT2D eigenvalue weighted by Gasteiger charge is 2.51. The van der Waals surface area contributed by atoms with Crippen LogP contribution in [-0.4, -0.2) is 89.0 Å². The number of aromatic carboxylic acids is 1. The van der Waals surface area contributed by atoms with E-state index in [2.05, 4.69) is 16.0 Å². The summed E-state index contributed by atoms with van der Waals surface area (Å²) >= 11 is 0. The predicted molar refractivity (Wildman–Crippen MR) is 219 cm³/mol. The van der Waals surface area contributed by atoms with Crippen molar-refractivity contribution in [2.45, 2.75) is 85.4 Å². The van der Waals surface area contributed by atoms with Crippen LogP contribution in [0.1, 0.15) is 82.1 Å². The fourth-order valence-electron chi connectivity index (χ4n) is 7.33. The lowest BCUT2D eigenvalue weighted by molar-refractivity contribution is -0.150. The Balaban J connectivity index is 1.15. The number of pyridine rings is 1. The Morgan fingerprint density at radius 2 is 1.68 bits per heavy atom. The summed E-state index contributed by atoms with van der Waals surface area (Å²) in [4.78, 5) is 92.4. The van der Waals surface area contributed by atoms with E-state index in [1.54, 1.807) is 40.7 Å². The molecule has 3 aromatic rings. The number of halogens is 1. The fraction of sp³-hybridized carbons (Fsp3) is 0.500. The van der Waals surface area contributed by atoms with Crippen LogP contribution >= 0.6 is 0 Å². The van der Waals surface area contributed by atoms with Crippen LogP contribution in [0.5, 0.6) is 0 Å². The Hall–Kier alpha value is -6.00. The lowest BCUT2D eigenvalue weighted by Crippen LogP contribution is -2.54. The van der Waals surface area contributed by atoms with E-state index in [1.165, 1.54) is 17.2 Å². The standard InChI is InChI=1S/C42H54FN7O9/c1-5-48-23-31(38(54)55)36(52)30-21-32(43)34(22-33(30)48)49-16-18-50(19-17-49)41(58)59-24-27-9-11-29(12-10-27)47-37(53)28(8-6-15-45-40(44)57)20-35(51)42(13-7-14-42)39(56)46-26(4)25(2)3/h9-12,21-23,25-26,28H,5-8,13-20,24H2,1-4H3,(H,46,56)(H,47,53)(H,54,55)(H3,44,45,57)/t26-,28-/m1/s1. The maximum absolute atomic E-state index is 15.3. The molecule has 1 aliphatic carbocycles. The summed E-state index contributed by atoms with van der Waals surface area (Å²) in [6.07, 6.45) is 2.82. The number of benzene rings is 2. The number of nitrogens with two attached hydrogens (primary N) is 1. The van der Waals surface area contributed by atoms with E-state index in [4.69, 9.17) is 10.5 Å². The quantitative estimate of drug-likeness (QED) is 0.0940. The van der Waals surface area contributed by atoms with Gasteiger partial charge in [-0.05, 0) is 75.3 Å².